The Morgan fingerprint density at radius 2 is 2.18 bits per heavy atom. The minimum absolute atomic E-state index is 0.119. The van der Waals surface area contributed by atoms with Crippen LogP contribution in [0.25, 0.3) is 0 Å². The van der Waals surface area contributed by atoms with Crippen LogP contribution in [0.5, 0.6) is 0 Å². The van der Waals surface area contributed by atoms with Crippen molar-refractivity contribution in [2.75, 3.05) is 12.9 Å². The van der Waals surface area contributed by atoms with Crippen molar-refractivity contribution in [3.05, 3.63) is 16.0 Å². The molecule has 2 rings (SSSR count). The average molecular weight is 364 g/mol. The predicted octanol–water partition coefficient (Wildman–Crippen LogP) is 2.52. The van der Waals surface area contributed by atoms with Gasteiger partial charge in [0.1, 0.15) is 0 Å². The third-order valence-corrected chi connectivity index (χ3v) is 4.59. The van der Waals surface area contributed by atoms with Crippen LogP contribution in [0.15, 0.2) is 17.6 Å². The highest BCUT2D eigenvalue weighted by atomic mass is 127. The Hall–Kier alpha value is -0.370. The Morgan fingerprint density at radius 3 is 2.71 bits per heavy atom. The molecule has 0 radical (unpaired) electrons. The molecule has 0 atom stereocenters. The van der Waals surface area contributed by atoms with Gasteiger partial charge in [0, 0.05) is 21.7 Å². The molecule has 0 spiro atoms. The van der Waals surface area contributed by atoms with Crippen LogP contribution < -0.4 is 0 Å². The minimum atomic E-state index is -0.119. The Morgan fingerprint density at radius 1 is 1.53 bits per heavy atom. The molecule has 0 unspecified atom stereocenters. The second-order valence-corrected chi connectivity index (χ2v) is 6.41. The van der Waals surface area contributed by atoms with Crippen LogP contribution in [0.2, 0.25) is 0 Å². The number of rotatable bonds is 5. The molecule has 92 valence electrons. The molecule has 1 saturated carbocycles. The molecule has 1 fully saturated rings. The summed E-state index contributed by atoms with van der Waals surface area (Å²) in [5.41, 5.74) is 0.129. The van der Waals surface area contributed by atoms with Crippen molar-refractivity contribution >= 4 is 40.3 Å². The molecule has 17 heavy (non-hydrogen) atoms. The van der Waals surface area contributed by atoms with Gasteiger partial charge < -0.3 is 4.74 Å². The van der Waals surface area contributed by atoms with Crippen LogP contribution in [0.1, 0.15) is 19.3 Å². The third-order valence-electron chi connectivity index (χ3n) is 2.81. The lowest BCUT2D eigenvalue weighted by molar-refractivity contribution is -0.141. The fourth-order valence-corrected chi connectivity index (χ4v) is 2.88. The normalized spacial score (nSPS) is 16.6. The smallest absolute Gasteiger partial charge is 0.306 e. The van der Waals surface area contributed by atoms with Crippen molar-refractivity contribution < 1.29 is 9.53 Å². The van der Waals surface area contributed by atoms with Crippen molar-refractivity contribution in [2.45, 2.75) is 24.4 Å². The number of methoxy groups -OCH3 is 1. The van der Waals surface area contributed by atoms with Crippen molar-refractivity contribution in [3.8, 4) is 0 Å². The Labute approximate surface area is 118 Å². The van der Waals surface area contributed by atoms with Gasteiger partial charge in [-0.3, -0.25) is 4.79 Å². The summed E-state index contributed by atoms with van der Waals surface area (Å²) in [5.74, 6) is 0.773. The summed E-state index contributed by atoms with van der Waals surface area (Å²) in [7, 11) is 1.44. The maximum Gasteiger partial charge on any atom is 0.306 e. The molecule has 6 heteroatoms. The van der Waals surface area contributed by atoms with E-state index in [0.29, 0.717) is 6.42 Å². The van der Waals surface area contributed by atoms with Crippen LogP contribution in [0.4, 0.5) is 0 Å². The predicted molar refractivity (Wildman–Crippen MR) is 73.8 cm³/mol. The maximum atomic E-state index is 11.3. The Bertz CT molecular complexity index is 406. The number of nitrogens with zero attached hydrogens (tertiary/aromatic N) is 2. The van der Waals surface area contributed by atoms with E-state index in [1.54, 1.807) is 24.2 Å². The van der Waals surface area contributed by atoms with Crippen molar-refractivity contribution in [1.82, 2.24) is 9.97 Å². The number of thioether (sulfide) groups is 1. The Kier molecular flexibility index (Phi) is 4.24. The molecule has 0 N–H and O–H groups in total. The highest BCUT2D eigenvalue weighted by Gasteiger charge is 2.44. The van der Waals surface area contributed by atoms with E-state index in [1.807, 2.05) is 0 Å². The number of esters is 1. The topological polar surface area (TPSA) is 52.1 Å². The summed E-state index contributed by atoms with van der Waals surface area (Å²) in [6.45, 7) is 0. The van der Waals surface area contributed by atoms with Crippen LogP contribution in [-0.2, 0) is 9.53 Å². The fraction of sp³-hybridized carbons (Fsp3) is 0.545. The maximum absolute atomic E-state index is 11.3. The van der Waals surface area contributed by atoms with Gasteiger partial charge in [-0.25, -0.2) is 9.97 Å². The summed E-state index contributed by atoms with van der Waals surface area (Å²) in [6, 6.07) is 0. The second kappa shape index (κ2) is 5.51. The molecule has 0 aliphatic heterocycles. The SMILES string of the molecule is COC(=O)CC1(CSc2ncc(I)cn2)CC1. The number of halogens is 1. The number of ether oxygens (including phenoxy) is 1. The van der Waals surface area contributed by atoms with E-state index in [1.165, 1.54) is 7.11 Å². The van der Waals surface area contributed by atoms with E-state index in [4.69, 9.17) is 4.74 Å². The second-order valence-electron chi connectivity index (χ2n) is 4.23. The quantitative estimate of drug-likeness (QED) is 0.348. The summed E-state index contributed by atoms with van der Waals surface area (Å²) in [6.07, 6.45) is 6.31. The van der Waals surface area contributed by atoms with Crippen LogP contribution in [0.3, 0.4) is 0 Å². The molecule has 1 aromatic rings. The lowest BCUT2D eigenvalue weighted by Crippen LogP contribution is -2.13. The Balaban J connectivity index is 1.85. The minimum Gasteiger partial charge on any atom is -0.469 e. The van der Waals surface area contributed by atoms with Gasteiger partial charge in [-0.2, -0.15) is 0 Å². The molecule has 0 aromatic carbocycles. The monoisotopic (exact) mass is 364 g/mol. The zero-order chi connectivity index (χ0) is 12.3. The van der Waals surface area contributed by atoms with Crippen molar-refractivity contribution in [1.29, 1.82) is 0 Å². The third kappa shape index (κ3) is 3.80. The molecule has 0 amide bonds. The van der Waals surface area contributed by atoms with Crippen LogP contribution in [-0.4, -0.2) is 28.8 Å². The first-order chi connectivity index (χ1) is 8.13. The molecule has 0 bridgehead atoms. The summed E-state index contributed by atoms with van der Waals surface area (Å²) < 4.78 is 5.74. The zero-order valence-corrected chi connectivity index (χ0v) is 12.5. The van der Waals surface area contributed by atoms with Crippen molar-refractivity contribution in [3.63, 3.8) is 0 Å². The van der Waals surface area contributed by atoms with E-state index in [2.05, 4.69) is 32.6 Å². The van der Waals surface area contributed by atoms with Gasteiger partial charge in [-0.05, 0) is 40.8 Å². The highest BCUT2D eigenvalue weighted by Crippen LogP contribution is 2.51. The average Bonchev–Trinajstić information content (AvgIpc) is 3.09. The van der Waals surface area contributed by atoms with E-state index in [0.717, 1.165) is 27.3 Å². The summed E-state index contributed by atoms with van der Waals surface area (Å²) in [5, 5.41) is 0.779. The van der Waals surface area contributed by atoms with Gasteiger partial charge in [0.25, 0.3) is 0 Å². The van der Waals surface area contributed by atoms with E-state index in [-0.39, 0.29) is 11.4 Å². The van der Waals surface area contributed by atoms with Crippen LogP contribution >= 0.6 is 34.4 Å². The highest BCUT2D eigenvalue weighted by molar-refractivity contribution is 14.1. The van der Waals surface area contributed by atoms with Gasteiger partial charge in [-0.15, -0.1) is 0 Å². The zero-order valence-electron chi connectivity index (χ0n) is 9.48. The van der Waals surface area contributed by atoms with Gasteiger partial charge in [0.05, 0.1) is 13.5 Å². The molecular formula is C11H13IN2O2S. The molecule has 0 saturated heterocycles. The first kappa shape index (κ1) is 13.1. The van der Waals surface area contributed by atoms with Crippen LogP contribution in [0, 0.1) is 8.99 Å². The number of hydrogen-bond acceptors (Lipinski definition) is 5. The van der Waals surface area contributed by atoms with Crippen molar-refractivity contribution in [2.24, 2.45) is 5.41 Å². The number of carbonyl (C=O) groups excluding carboxylic acids is 1. The summed E-state index contributed by atoms with van der Waals surface area (Å²) in [4.78, 5) is 19.7. The molecule has 1 aromatic heterocycles. The molecule has 4 nitrogen and oxygen atoms in total. The van der Waals surface area contributed by atoms with Gasteiger partial charge >= 0.3 is 5.97 Å². The standard InChI is InChI=1S/C11H13IN2O2S/c1-16-9(15)4-11(2-3-11)7-17-10-13-5-8(12)6-14-10/h5-6H,2-4,7H2,1H3. The largest absolute Gasteiger partial charge is 0.469 e. The van der Waals surface area contributed by atoms with Gasteiger partial charge in [0.2, 0.25) is 0 Å². The molecule has 1 aliphatic carbocycles. The first-order valence-electron chi connectivity index (χ1n) is 5.31. The van der Waals surface area contributed by atoms with Gasteiger partial charge in [0.15, 0.2) is 5.16 Å². The van der Waals surface area contributed by atoms with Gasteiger partial charge in [-0.1, -0.05) is 11.8 Å². The first-order valence-corrected chi connectivity index (χ1v) is 7.37. The van der Waals surface area contributed by atoms with E-state index in [9.17, 15) is 4.79 Å². The number of hydrogen-bond donors (Lipinski definition) is 0. The molecule has 1 aliphatic rings. The van der Waals surface area contributed by atoms with E-state index >= 15 is 0 Å². The number of aromatic nitrogens is 2. The lowest BCUT2D eigenvalue weighted by atomic mass is 10.1. The summed E-state index contributed by atoms with van der Waals surface area (Å²) >= 11 is 3.80. The molecular weight excluding hydrogens is 351 g/mol. The molecule has 1 heterocycles. The fourth-order valence-electron chi connectivity index (χ4n) is 1.52. The van der Waals surface area contributed by atoms with E-state index < -0.39 is 0 Å². The lowest BCUT2D eigenvalue weighted by Gasteiger charge is -2.11. The number of carbonyl (C=O) groups is 1.